The van der Waals surface area contributed by atoms with Gasteiger partial charge in [-0.05, 0) is 56.0 Å². The summed E-state index contributed by atoms with van der Waals surface area (Å²) in [5.74, 6) is 0.765. The monoisotopic (exact) mass is 541 g/mol. The Hall–Kier alpha value is -3.48. The maximum Gasteiger partial charge on any atom is 0.318 e. The van der Waals surface area contributed by atoms with Crippen molar-refractivity contribution in [1.29, 1.82) is 5.26 Å². The van der Waals surface area contributed by atoms with E-state index in [1.54, 1.807) is 4.90 Å². The number of fused-ring (bicyclic) bond motifs is 2. The van der Waals surface area contributed by atoms with Gasteiger partial charge in [0.15, 0.2) is 0 Å². The highest BCUT2D eigenvalue weighted by molar-refractivity contribution is 5.87. The van der Waals surface area contributed by atoms with Gasteiger partial charge < -0.3 is 14.5 Å². The molecule has 9 nitrogen and oxygen atoms in total. The standard InChI is InChI=1S/C31H39N7O2/c1-3-29(39)38-17-16-36(18-23(38)13-14-32)30-26-19-37(28-12-11-22-8-5-6-10-25(22)28)20-27(26)33-31(34-30)40-21-24-9-7-15-35(24)4-2/h3,5-6,8,10,23-24,28H,1,4,7,9,11-13,15-21H2,2H3/t23-,24-,28?/m0/s1. The minimum absolute atomic E-state index is 0.125. The van der Waals surface area contributed by atoms with Crippen LogP contribution in [0, 0.1) is 11.3 Å². The van der Waals surface area contributed by atoms with Gasteiger partial charge in [0.05, 0.1) is 24.2 Å². The smallest absolute Gasteiger partial charge is 0.318 e. The van der Waals surface area contributed by atoms with E-state index in [9.17, 15) is 10.1 Å². The minimum Gasteiger partial charge on any atom is -0.462 e. The molecule has 4 aliphatic rings. The largest absolute Gasteiger partial charge is 0.462 e. The predicted octanol–water partition coefficient (Wildman–Crippen LogP) is 3.46. The van der Waals surface area contributed by atoms with E-state index in [1.807, 2.05) is 0 Å². The fourth-order valence-electron chi connectivity index (χ4n) is 7.11. The maximum atomic E-state index is 12.5. The molecule has 9 heteroatoms. The van der Waals surface area contributed by atoms with Crippen LogP contribution in [0.5, 0.6) is 6.01 Å². The summed E-state index contributed by atoms with van der Waals surface area (Å²) in [6.45, 7) is 11.9. The van der Waals surface area contributed by atoms with Crippen molar-refractivity contribution in [2.75, 3.05) is 44.2 Å². The molecule has 0 spiro atoms. The van der Waals surface area contributed by atoms with E-state index in [1.165, 1.54) is 23.6 Å². The van der Waals surface area contributed by atoms with Crippen molar-refractivity contribution in [3.05, 3.63) is 59.3 Å². The maximum absolute atomic E-state index is 12.5. The number of nitriles is 1. The van der Waals surface area contributed by atoms with Crippen molar-refractivity contribution >= 4 is 11.7 Å². The molecule has 1 aromatic heterocycles. The lowest BCUT2D eigenvalue weighted by molar-refractivity contribution is -0.128. The van der Waals surface area contributed by atoms with Crippen LogP contribution in [0.25, 0.3) is 0 Å². The van der Waals surface area contributed by atoms with Crippen LogP contribution >= 0.6 is 0 Å². The number of anilines is 1. The number of nitrogens with zero attached hydrogens (tertiary/aromatic N) is 7. The number of benzene rings is 1. The molecule has 0 saturated carbocycles. The Kier molecular flexibility index (Phi) is 7.72. The van der Waals surface area contributed by atoms with Crippen LogP contribution in [0.1, 0.15) is 61.0 Å². The first-order valence-electron chi connectivity index (χ1n) is 14.7. The number of amides is 1. The van der Waals surface area contributed by atoms with Crippen LogP contribution in [0.4, 0.5) is 5.82 Å². The third kappa shape index (κ3) is 5.06. The Bertz CT molecular complexity index is 1310. The highest BCUT2D eigenvalue weighted by Gasteiger charge is 2.37. The Morgan fingerprint density at radius 2 is 2.05 bits per heavy atom. The van der Waals surface area contributed by atoms with E-state index in [0.29, 0.717) is 44.3 Å². The van der Waals surface area contributed by atoms with Gasteiger partial charge in [0.1, 0.15) is 12.4 Å². The minimum atomic E-state index is -0.213. The first kappa shape index (κ1) is 26.7. The summed E-state index contributed by atoms with van der Waals surface area (Å²) in [6, 6.07) is 12.0. The molecule has 1 aliphatic carbocycles. The van der Waals surface area contributed by atoms with Crippen molar-refractivity contribution in [3.8, 4) is 12.1 Å². The molecule has 2 aromatic rings. The molecule has 1 aromatic carbocycles. The van der Waals surface area contributed by atoms with E-state index in [2.05, 4.69) is 58.5 Å². The van der Waals surface area contributed by atoms with E-state index < -0.39 is 0 Å². The molecule has 1 amide bonds. The number of carbonyl (C=O) groups excluding carboxylic acids is 1. The number of likely N-dealkylation sites (N-methyl/N-ethyl adjacent to an activating group) is 1. The number of hydrogen-bond acceptors (Lipinski definition) is 8. The molecular weight excluding hydrogens is 502 g/mol. The second-order valence-corrected chi connectivity index (χ2v) is 11.3. The first-order valence-corrected chi connectivity index (χ1v) is 14.7. The molecule has 3 aliphatic heterocycles. The average Bonchev–Trinajstić information content (AvgIpc) is 3.73. The van der Waals surface area contributed by atoms with Crippen molar-refractivity contribution in [2.24, 2.45) is 0 Å². The molecule has 0 radical (unpaired) electrons. The van der Waals surface area contributed by atoms with E-state index in [-0.39, 0.29) is 18.4 Å². The quantitative estimate of drug-likeness (QED) is 0.470. The second kappa shape index (κ2) is 11.6. The highest BCUT2D eigenvalue weighted by Crippen LogP contribution is 2.42. The molecule has 0 N–H and O–H groups in total. The number of aromatic nitrogens is 2. The zero-order chi connectivity index (χ0) is 27.6. The molecular formula is C31H39N7O2. The van der Waals surface area contributed by atoms with Crippen molar-refractivity contribution < 1.29 is 9.53 Å². The molecule has 1 unspecified atom stereocenters. The summed E-state index contributed by atoms with van der Waals surface area (Å²) in [7, 11) is 0. The van der Waals surface area contributed by atoms with Gasteiger partial charge in [-0.1, -0.05) is 37.8 Å². The van der Waals surface area contributed by atoms with Crippen LogP contribution in [0.3, 0.4) is 0 Å². The topological polar surface area (TPSA) is 88.8 Å². The zero-order valence-corrected chi connectivity index (χ0v) is 23.5. The van der Waals surface area contributed by atoms with E-state index >= 15 is 0 Å². The first-order chi connectivity index (χ1) is 19.6. The van der Waals surface area contributed by atoms with Gasteiger partial charge in [0, 0.05) is 50.4 Å². The lowest BCUT2D eigenvalue weighted by Gasteiger charge is -2.41. The van der Waals surface area contributed by atoms with Crippen LogP contribution in [0.15, 0.2) is 36.9 Å². The Balaban J connectivity index is 1.28. The molecule has 40 heavy (non-hydrogen) atoms. The van der Waals surface area contributed by atoms with Crippen molar-refractivity contribution in [3.63, 3.8) is 0 Å². The molecule has 3 atom stereocenters. The summed E-state index contributed by atoms with van der Waals surface area (Å²) in [5, 5.41) is 9.51. The van der Waals surface area contributed by atoms with Gasteiger partial charge in [-0.2, -0.15) is 15.2 Å². The Labute approximate surface area is 237 Å². The summed E-state index contributed by atoms with van der Waals surface area (Å²) in [6.07, 6.45) is 6.16. The fraction of sp³-hybridized carbons (Fsp3) is 0.548. The van der Waals surface area contributed by atoms with Gasteiger partial charge in [0.25, 0.3) is 0 Å². The Morgan fingerprint density at radius 3 is 2.88 bits per heavy atom. The molecule has 6 rings (SSSR count). The summed E-state index contributed by atoms with van der Waals surface area (Å²) in [5.41, 5.74) is 5.04. The van der Waals surface area contributed by atoms with Crippen LogP contribution in [0.2, 0.25) is 0 Å². The molecule has 2 saturated heterocycles. The van der Waals surface area contributed by atoms with E-state index in [4.69, 9.17) is 14.7 Å². The number of carbonyl (C=O) groups is 1. The van der Waals surface area contributed by atoms with Crippen LogP contribution in [-0.2, 0) is 24.3 Å². The van der Waals surface area contributed by atoms with Gasteiger partial charge in [0.2, 0.25) is 5.91 Å². The van der Waals surface area contributed by atoms with Crippen molar-refractivity contribution in [1.82, 2.24) is 24.7 Å². The third-order valence-electron chi connectivity index (χ3n) is 9.18. The number of aryl methyl sites for hydroxylation is 1. The predicted molar refractivity (Wildman–Crippen MR) is 153 cm³/mol. The van der Waals surface area contributed by atoms with Gasteiger partial charge in [-0.15, -0.1) is 0 Å². The second-order valence-electron chi connectivity index (χ2n) is 11.3. The highest BCUT2D eigenvalue weighted by atomic mass is 16.5. The fourth-order valence-corrected chi connectivity index (χ4v) is 7.11. The lowest BCUT2D eigenvalue weighted by atomic mass is 10.1. The van der Waals surface area contributed by atoms with Gasteiger partial charge in [-0.3, -0.25) is 14.6 Å². The van der Waals surface area contributed by atoms with Crippen molar-refractivity contribution in [2.45, 2.75) is 70.2 Å². The van der Waals surface area contributed by atoms with Gasteiger partial charge in [-0.25, -0.2) is 0 Å². The zero-order valence-electron chi connectivity index (χ0n) is 23.5. The number of piperazine rings is 1. The summed E-state index contributed by atoms with van der Waals surface area (Å²) >= 11 is 0. The Morgan fingerprint density at radius 1 is 1.18 bits per heavy atom. The number of ether oxygens (including phenoxy) is 1. The number of likely N-dealkylation sites (tertiary alicyclic amines) is 1. The molecule has 210 valence electrons. The normalized spacial score (nSPS) is 24.6. The summed E-state index contributed by atoms with van der Waals surface area (Å²) in [4.78, 5) is 31.5. The average molecular weight is 542 g/mol. The molecule has 2 fully saturated rings. The molecule has 4 heterocycles. The lowest BCUT2D eigenvalue weighted by Crippen LogP contribution is -2.55. The van der Waals surface area contributed by atoms with Crippen LogP contribution < -0.4 is 9.64 Å². The van der Waals surface area contributed by atoms with Crippen LogP contribution in [-0.4, -0.2) is 82.0 Å². The van der Waals surface area contributed by atoms with E-state index in [0.717, 1.165) is 62.5 Å². The SMILES string of the molecule is C=CC(=O)N1CCN(c2nc(OC[C@@H]3CCCN3CC)nc3c2CN(C2CCc4ccccc42)C3)C[C@@H]1CC#N. The number of rotatable bonds is 8. The third-order valence-corrected chi connectivity index (χ3v) is 9.18. The number of hydrogen-bond donors (Lipinski definition) is 0. The summed E-state index contributed by atoms with van der Waals surface area (Å²) < 4.78 is 6.31. The molecule has 0 bridgehead atoms. The van der Waals surface area contributed by atoms with Gasteiger partial charge >= 0.3 is 6.01 Å².